The molecule has 4 heteroatoms. The Morgan fingerprint density at radius 3 is 2.74 bits per heavy atom. The van der Waals surface area contributed by atoms with Gasteiger partial charge in [-0.25, -0.2) is 0 Å². The second kappa shape index (κ2) is 7.80. The summed E-state index contributed by atoms with van der Waals surface area (Å²) in [6.07, 6.45) is 3.70. The lowest BCUT2D eigenvalue weighted by Gasteiger charge is -2.29. The smallest absolute Gasteiger partial charge is 0.177 e. The number of halogens is 1. The molecule has 1 aromatic rings. The average molecular weight is 327 g/mol. The van der Waals surface area contributed by atoms with Crippen LogP contribution in [0.5, 0.6) is 0 Å². The normalized spacial score (nSPS) is 26.5. The third-order valence-corrected chi connectivity index (χ3v) is 3.74. The third kappa shape index (κ3) is 4.73. The first-order valence-corrected chi connectivity index (χ1v) is 7.42. The SMILES string of the molecule is CCO[C@@H]1C=C[C@@H](Br)[C@@H](COCc2ccccc2)O1. The number of hydrogen-bond donors (Lipinski definition) is 0. The number of benzene rings is 1. The molecule has 0 spiro atoms. The van der Waals surface area contributed by atoms with Crippen LogP contribution in [0.1, 0.15) is 12.5 Å². The number of ether oxygens (including phenoxy) is 3. The Balaban J connectivity index is 1.77. The molecule has 104 valence electrons. The molecule has 0 amide bonds. The molecular formula is C15H19BrO3. The van der Waals surface area contributed by atoms with Crippen LogP contribution in [0.4, 0.5) is 0 Å². The monoisotopic (exact) mass is 326 g/mol. The van der Waals surface area contributed by atoms with Crippen LogP contribution in [0.3, 0.4) is 0 Å². The van der Waals surface area contributed by atoms with E-state index < -0.39 is 0 Å². The summed E-state index contributed by atoms with van der Waals surface area (Å²) in [4.78, 5) is 0.167. The van der Waals surface area contributed by atoms with Crippen LogP contribution >= 0.6 is 15.9 Å². The zero-order chi connectivity index (χ0) is 13.5. The van der Waals surface area contributed by atoms with Crippen LogP contribution in [0.2, 0.25) is 0 Å². The molecule has 0 bridgehead atoms. The maximum absolute atomic E-state index is 5.80. The van der Waals surface area contributed by atoms with E-state index >= 15 is 0 Å². The van der Waals surface area contributed by atoms with Gasteiger partial charge in [0.05, 0.1) is 18.0 Å². The van der Waals surface area contributed by atoms with Crippen molar-refractivity contribution in [3.63, 3.8) is 0 Å². The van der Waals surface area contributed by atoms with Gasteiger partial charge in [0, 0.05) is 6.61 Å². The first-order chi connectivity index (χ1) is 9.29. The molecule has 1 heterocycles. The topological polar surface area (TPSA) is 27.7 Å². The Kier molecular flexibility index (Phi) is 6.04. The van der Waals surface area contributed by atoms with Crippen LogP contribution in [-0.4, -0.2) is 30.4 Å². The maximum atomic E-state index is 5.80. The lowest BCUT2D eigenvalue weighted by Crippen LogP contribution is -2.36. The lowest BCUT2D eigenvalue weighted by molar-refractivity contribution is -0.158. The van der Waals surface area contributed by atoms with Gasteiger partial charge in [0.25, 0.3) is 0 Å². The zero-order valence-electron chi connectivity index (χ0n) is 11.0. The number of hydrogen-bond acceptors (Lipinski definition) is 3. The minimum Gasteiger partial charge on any atom is -0.374 e. The van der Waals surface area contributed by atoms with E-state index in [-0.39, 0.29) is 17.2 Å². The van der Waals surface area contributed by atoms with Crippen LogP contribution in [0.15, 0.2) is 42.5 Å². The fraction of sp³-hybridized carbons (Fsp3) is 0.467. The summed E-state index contributed by atoms with van der Waals surface area (Å²) >= 11 is 3.57. The maximum Gasteiger partial charge on any atom is 0.177 e. The summed E-state index contributed by atoms with van der Waals surface area (Å²) in [5, 5.41) is 0. The van der Waals surface area contributed by atoms with Gasteiger partial charge >= 0.3 is 0 Å². The predicted octanol–water partition coefficient (Wildman–Crippen LogP) is 3.28. The molecule has 19 heavy (non-hydrogen) atoms. The van der Waals surface area contributed by atoms with Crippen molar-refractivity contribution in [2.75, 3.05) is 13.2 Å². The summed E-state index contributed by atoms with van der Waals surface area (Å²) in [7, 11) is 0. The minimum absolute atomic E-state index is 0.0229. The molecule has 2 rings (SSSR count). The minimum atomic E-state index is -0.260. The van der Waals surface area contributed by atoms with Gasteiger partial charge in [-0.3, -0.25) is 0 Å². The van der Waals surface area contributed by atoms with Gasteiger partial charge in [0.1, 0.15) is 6.10 Å². The zero-order valence-corrected chi connectivity index (χ0v) is 12.6. The predicted molar refractivity (Wildman–Crippen MR) is 78.2 cm³/mol. The third-order valence-electron chi connectivity index (χ3n) is 2.84. The van der Waals surface area contributed by atoms with E-state index in [1.807, 2.05) is 31.2 Å². The van der Waals surface area contributed by atoms with E-state index in [0.717, 1.165) is 0 Å². The summed E-state index contributed by atoms with van der Waals surface area (Å²) in [6.45, 7) is 3.74. The van der Waals surface area contributed by atoms with Gasteiger partial charge in [0.15, 0.2) is 6.29 Å². The number of rotatable bonds is 6. The Labute approximate surface area is 122 Å². The summed E-state index contributed by atoms with van der Waals surface area (Å²) in [5.41, 5.74) is 1.17. The summed E-state index contributed by atoms with van der Waals surface area (Å²) < 4.78 is 16.9. The Morgan fingerprint density at radius 1 is 1.21 bits per heavy atom. The Morgan fingerprint density at radius 2 is 2.00 bits per heavy atom. The molecule has 0 N–H and O–H groups in total. The van der Waals surface area contributed by atoms with Gasteiger partial charge in [-0.2, -0.15) is 0 Å². The molecule has 0 aliphatic carbocycles. The van der Waals surface area contributed by atoms with Crippen LogP contribution in [0.25, 0.3) is 0 Å². The molecule has 1 aliphatic rings. The van der Waals surface area contributed by atoms with Crippen molar-refractivity contribution in [3.8, 4) is 0 Å². The van der Waals surface area contributed by atoms with Crippen molar-refractivity contribution < 1.29 is 14.2 Å². The van der Waals surface area contributed by atoms with E-state index in [1.165, 1.54) is 5.56 Å². The highest BCUT2D eigenvalue weighted by Crippen LogP contribution is 2.20. The highest BCUT2D eigenvalue weighted by Gasteiger charge is 2.25. The van der Waals surface area contributed by atoms with Crippen molar-refractivity contribution >= 4 is 15.9 Å². The largest absolute Gasteiger partial charge is 0.374 e. The standard InChI is InChI=1S/C15H19BrO3/c1-2-18-15-9-8-13(16)14(19-15)11-17-10-12-6-4-3-5-7-12/h3-9,13-15H,2,10-11H2,1H3/t13-,14-,15+/m1/s1. The first-order valence-electron chi connectivity index (χ1n) is 6.50. The Hall–Kier alpha value is -0.680. The van der Waals surface area contributed by atoms with E-state index in [1.54, 1.807) is 0 Å². The van der Waals surface area contributed by atoms with Gasteiger partial charge in [-0.15, -0.1) is 0 Å². The molecule has 0 saturated heterocycles. The molecule has 1 aromatic carbocycles. The van der Waals surface area contributed by atoms with E-state index in [0.29, 0.717) is 19.8 Å². The van der Waals surface area contributed by atoms with Crippen LogP contribution < -0.4 is 0 Å². The molecule has 0 fully saturated rings. The number of alkyl halides is 1. The van der Waals surface area contributed by atoms with Gasteiger partial charge in [0.2, 0.25) is 0 Å². The van der Waals surface area contributed by atoms with Crippen molar-refractivity contribution in [3.05, 3.63) is 48.0 Å². The first kappa shape index (κ1) is 14.7. The fourth-order valence-corrected chi connectivity index (χ4v) is 2.32. The highest BCUT2D eigenvalue weighted by atomic mass is 79.9. The highest BCUT2D eigenvalue weighted by molar-refractivity contribution is 9.09. The summed E-state index contributed by atoms with van der Waals surface area (Å²) in [6, 6.07) is 10.1. The quantitative estimate of drug-likeness (QED) is 0.593. The molecule has 3 atom stereocenters. The van der Waals surface area contributed by atoms with Gasteiger partial charge < -0.3 is 14.2 Å². The average Bonchev–Trinajstić information content (AvgIpc) is 2.44. The molecule has 0 unspecified atom stereocenters. The second-order valence-electron chi connectivity index (χ2n) is 4.33. The van der Waals surface area contributed by atoms with Gasteiger partial charge in [-0.1, -0.05) is 52.3 Å². The van der Waals surface area contributed by atoms with Crippen molar-refractivity contribution in [2.45, 2.75) is 30.8 Å². The van der Waals surface area contributed by atoms with E-state index in [2.05, 4.69) is 34.1 Å². The van der Waals surface area contributed by atoms with Crippen LogP contribution in [-0.2, 0) is 20.8 Å². The molecule has 0 aromatic heterocycles. The van der Waals surface area contributed by atoms with E-state index in [9.17, 15) is 0 Å². The van der Waals surface area contributed by atoms with Crippen molar-refractivity contribution in [2.24, 2.45) is 0 Å². The van der Waals surface area contributed by atoms with Crippen molar-refractivity contribution in [1.29, 1.82) is 0 Å². The van der Waals surface area contributed by atoms with E-state index in [4.69, 9.17) is 14.2 Å². The van der Waals surface area contributed by atoms with Crippen molar-refractivity contribution in [1.82, 2.24) is 0 Å². The van der Waals surface area contributed by atoms with Gasteiger partial charge in [-0.05, 0) is 18.6 Å². The lowest BCUT2D eigenvalue weighted by atomic mass is 10.2. The fourth-order valence-electron chi connectivity index (χ4n) is 1.87. The molecular weight excluding hydrogens is 308 g/mol. The second-order valence-corrected chi connectivity index (χ2v) is 5.39. The molecule has 0 saturated carbocycles. The Bertz CT molecular complexity index is 394. The summed E-state index contributed by atoms with van der Waals surface area (Å²) in [5.74, 6) is 0. The van der Waals surface area contributed by atoms with Crippen LogP contribution in [0, 0.1) is 0 Å². The molecule has 3 nitrogen and oxygen atoms in total. The molecule has 0 radical (unpaired) electrons. The molecule has 1 aliphatic heterocycles.